The standard InChI is InChI=1S/C29H41N7O2/c1-22(2)16-34-13-7-29(8-14-34)15-25(28(37)38)36(21-29)18-24-5-3-23(4-6-24)17-35(19-26-30-9-10-31-26)20-27-32-11-12-33-27/h3-6,9-12,22,25H,7-8,13-21H2,1-2H3,(H,30,31)(H,32,33)(H,37,38)/t25-/m0/s1. The van der Waals surface area contributed by atoms with Gasteiger partial charge >= 0.3 is 5.97 Å². The van der Waals surface area contributed by atoms with E-state index < -0.39 is 12.0 Å². The van der Waals surface area contributed by atoms with Gasteiger partial charge in [0.1, 0.15) is 17.7 Å². The molecule has 2 aromatic heterocycles. The maximum absolute atomic E-state index is 12.2. The molecule has 204 valence electrons. The first-order valence-electron chi connectivity index (χ1n) is 13.8. The molecule has 1 aromatic carbocycles. The molecule has 1 atom stereocenters. The van der Waals surface area contributed by atoms with Crippen molar-refractivity contribution in [1.82, 2.24) is 34.6 Å². The topological polar surface area (TPSA) is 104 Å². The monoisotopic (exact) mass is 519 g/mol. The maximum Gasteiger partial charge on any atom is 0.320 e. The van der Waals surface area contributed by atoms with Gasteiger partial charge in [-0.3, -0.25) is 14.6 Å². The summed E-state index contributed by atoms with van der Waals surface area (Å²) in [4.78, 5) is 34.4. The number of rotatable bonds is 11. The van der Waals surface area contributed by atoms with Crippen LogP contribution in [0, 0.1) is 11.3 Å². The summed E-state index contributed by atoms with van der Waals surface area (Å²) >= 11 is 0. The van der Waals surface area contributed by atoms with Gasteiger partial charge in [0, 0.05) is 51.0 Å². The van der Waals surface area contributed by atoms with Gasteiger partial charge in [-0.2, -0.15) is 0 Å². The fraction of sp³-hybridized carbons (Fsp3) is 0.552. The predicted molar refractivity (Wildman–Crippen MR) is 146 cm³/mol. The molecule has 38 heavy (non-hydrogen) atoms. The van der Waals surface area contributed by atoms with Crippen LogP contribution in [0.25, 0.3) is 0 Å². The molecule has 0 radical (unpaired) electrons. The van der Waals surface area contributed by atoms with Crippen molar-refractivity contribution in [2.75, 3.05) is 26.2 Å². The third kappa shape index (κ3) is 6.70. The van der Waals surface area contributed by atoms with Crippen molar-refractivity contribution in [2.24, 2.45) is 11.3 Å². The van der Waals surface area contributed by atoms with Crippen molar-refractivity contribution >= 4 is 5.97 Å². The van der Waals surface area contributed by atoms with Crippen LogP contribution < -0.4 is 0 Å². The third-order valence-corrected chi connectivity index (χ3v) is 8.10. The lowest BCUT2D eigenvalue weighted by molar-refractivity contribution is -0.142. The number of aromatic amines is 2. The highest BCUT2D eigenvalue weighted by atomic mass is 16.4. The number of carboxylic acids is 1. The van der Waals surface area contributed by atoms with Crippen LogP contribution >= 0.6 is 0 Å². The summed E-state index contributed by atoms with van der Waals surface area (Å²) in [6.45, 7) is 11.5. The molecular weight excluding hydrogens is 478 g/mol. The van der Waals surface area contributed by atoms with E-state index in [1.165, 1.54) is 5.56 Å². The van der Waals surface area contributed by atoms with Crippen molar-refractivity contribution in [2.45, 2.75) is 65.3 Å². The lowest BCUT2D eigenvalue weighted by Crippen LogP contribution is -2.42. The number of aromatic nitrogens is 4. The lowest BCUT2D eigenvalue weighted by Gasteiger charge is -2.40. The van der Waals surface area contributed by atoms with Crippen LogP contribution in [0.1, 0.15) is 55.9 Å². The Balaban J connectivity index is 1.21. The molecule has 0 saturated carbocycles. The number of aliphatic carboxylic acids is 1. The minimum absolute atomic E-state index is 0.134. The summed E-state index contributed by atoms with van der Waals surface area (Å²) in [6, 6.07) is 8.24. The Morgan fingerprint density at radius 1 is 1.03 bits per heavy atom. The molecule has 0 amide bonds. The Morgan fingerprint density at radius 2 is 1.63 bits per heavy atom. The van der Waals surface area contributed by atoms with Gasteiger partial charge in [0.05, 0.1) is 13.1 Å². The van der Waals surface area contributed by atoms with Crippen molar-refractivity contribution in [3.63, 3.8) is 0 Å². The van der Waals surface area contributed by atoms with E-state index in [0.29, 0.717) is 25.6 Å². The number of piperidine rings is 1. The first-order valence-corrected chi connectivity index (χ1v) is 13.8. The highest BCUT2D eigenvalue weighted by molar-refractivity contribution is 5.74. The number of imidazole rings is 2. The molecule has 0 aliphatic carbocycles. The second-order valence-corrected chi connectivity index (χ2v) is 11.7. The molecule has 5 rings (SSSR count). The van der Waals surface area contributed by atoms with Gasteiger partial charge in [-0.15, -0.1) is 0 Å². The zero-order chi connectivity index (χ0) is 26.5. The number of carbonyl (C=O) groups is 1. The van der Waals surface area contributed by atoms with E-state index in [-0.39, 0.29) is 5.41 Å². The third-order valence-electron chi connectivity index (χ3n) is 8.10. The summed E-state index contributed by atoms with van der Waals surface area (Å²) in [5, 5.41) is 10.0. The molecule has 2 saturated heterocycles. The summed E-state index contributed by atoms with van der Waals surface area (Å²) < 4.78 is 0. The Hall–Kier alpha value is -3.01. The summed E-state index contributed by atoms with van der Waals surface area (Å²) in [7, 11) is 0. The molecule has 0 bridgehead atoms. The molecule has 2 aliphatic heterocycles. The number of hydrogen-bond donors (Lipinski definition) is 3. The number of likely N-dealkylation sites (tertiary alicyclic amines) is 2. The first-order chi connectivity index (χ1) is 18.4. The number of H-pyrrole nitrogens is 2. The molecule has 9 heteroatoms. The van der Waals surface area contributed by atoms with Gasteiger partial charge in [0.25, 0.3) is 0 Å². The summed E-state index contributed by atoms with van der Waals surface area (Å²) in [6.07, 6.45) is 10.2. The van der Waals surface area contributed by atoms with Crippen LogP contribution in [0.4, 0.5) is 0 Å². The van der Waals surface area contributed by atoms with Crippen molar-refractivity contribution in [3.05, 3.63) is 71.8 Å². The zero-order valence-electron chi connectivity index (χ0n) is 22.6. The number of nitrogens with one attached hydrogen (secondary N) is 2. The molecular formula is C29H41N7O2. The van der Waals surface area contributed by atoms with Crippen molar-refractivity contribution in [1.29, 1.82) is 0 Å². The van der Waals surface area contributed by atoms with Gasteiger partial charge in [-0.25, -0.2) is 9.97 Å². The van der Waals surface area contributed by atoms with Crippen molar-refractivity contribution in [3.8, 4) is 0 Å². The maximum atomic E-state index is 12.2. The fourth-order valence-electron chi connectivity index (χ4n) is 6.25. The molecule has 4 heterocycles. The number of carboxylic acid groups (broad SMARTS) is 1. The first kappa shape index (κ1) is 26.6. The number of hydrogen-bond acceptors (Lipinski definition) is 6. The van der Waals surface area contributed by atoms with E-state index in [9.17, 15) is 9.90 Å². The highest BCUT2D eigenvalue weighted by Crippen LogP contribution is 2.44. The normalized spacial score (nSPS) is 20.2. The van der Waals surface area contributed by atoms with Gasteiger partial charge in [-0.05, 0) is 54.8 Å². The van der Waals surface area contributed by atoms with Crippen LogP contribution in [0.5, 0.6) is 0 Å². The van der Waals surface area contributed by atoms with Crippen LogP contribution in [0.2, 0.25) is 0 Å². The minimum Gasteiger partial charge on any atom is -0.480 e. The SMILES string of the molecule is CC(C)CN1CCC2(CC1)C[C@@H](C(=O)O)N(Cc1ccc(CN(Cc3ncc[nH]3)Cc3ncc[nH]3)cc1)C2. The van der Waals surface area contributed by atoms with Gasteiger partial charge < -0.3 is 20.0 Å². The number of benzene rings is 1. The summed E-state index contributed by atoms with van der Waals surface area (Å²) in [5.41, 5.74) is 2.50. The fourth-order valence-corrected chi connectivity index (χ4v) is 6.25. The molecule has 3 aromatic rings. The van der Waals surface area contributed by atoms with E-state index in [1.807, 2.05) is 12.4 Å². The van der Waals surface area contributed by atoms with Gasteiger partial charge in [-0.1, -0.05) is 38.1 Å². The second kappa shape index (κ2) is 11.8. The Labute approximate surface area is 225 Å². The zero-order valence-corrected chi connectivity index (χ0v) is 22.6. The molecule has 9 nitrogen and oxygen atoms in total. The van der Waals surface area contributed by atoms with Crippen LogP contribution in [0.15, 0.2) is 49.1 Å². The Kier molecular flexibility index (Phi) is 8.26. The van der Waals surface area contributed by atoms with Gasteiger partial charge in [0.2, 0.25) is 0 Å². The molecule has 0 unspecified atom stereocenters. The van der Waals surface area contributed by atoms with E-state index in [4.69, 9.17) is 0 Å². The van der Waals surface area contributed by atoms with E-state index >= 15 is 0 Å². The lowest BCUT2D eigenvalue weighted by atomic mass is 9.76. The quantitative estimate of drug-likeness (QED) is 0.355. The van der Waals surface area contributed by atoms with E-state index in [1.54, 1.807) is 12.4 Å². The molecule has 1 spiro atoms. The largest absolute Gasteiger partial charge is 0.480 e. The summed E-state index contributed by atoms with van der Waals surface area (Å²) in [5.74, 6) is 1.83. The minimum atomic E-state index is -0.686. The Morgan fingerprint density at radius 3 is 2.16 bits per heavy atom. The molecule has 2 aliphatic rings. The predicted octanol–water partition coefficient (Wildman–Crippen LogP) is 3.73. The molecule has 2 fully saturated rings. The highest BCUT2D eigenvalue weighted by Gasteiger charge is 2.47. The van der Waals surface area contributed by atoms with Crippen LogP contribution in [-0.2, 0) is 31.0 Å². The van der Waals surface area contributed by atoms with Crippen molar-refractivity contribution < 1.29 is 9.90 Å². The molecule has 3 N–H and O–H groups in total. The van der Waals surface area contributed by atoms with E-state index in [0.717, 1.165) is 69.2 Å². The van der Waals surface area contributed by atoms with Gasteiger partial charge in [0.15, 0.2) is 0 Å². The number of nitrogens with zero attached hydrogens (tertiary/aromatic N) is 5. The Bertz CT molecular complexity index is 1100. The average Bonchev–Trinajstić information content (AvgIpc) is 3.65. The van der Waals surface area contributed by atoms with Crippen LogP contribution in [-0.4, -0.2) is 77.9 Å². The smallest absolute Gasteiger partial charge is 0.320 e. The van der Waals surface area contributed by atoms with Crippen LogP contribution in [0.3, 0.4) is 0 Å². The second-order valence-electron chi connectivity index (χ2n) is 11.7. The average molecular weight is 520 g/mol. The van der Waals surface area contributed by atoms with E-state index in [2.05, 4.69) is 72.7 Å².